The Morgan fingerprint density at radius 3 is 2.34 bits per heavy atom. The number of hydrogen-bond donors (Lipinski definition) is 0. The predicted molar refractivity (Wildman–Crippen MR) is 112 cm³/mol. The van der Waals surface area contributed by atoms with Gasteiger partial charge in [-0.25, -0.2) is 8.78 Å². The minimum Gasteiger partial charge on any atom is -0.490 e. The maximum absolute atomic E-state index is 12.4. The van der Waals surface area contributed by atoms with E-state index in [4.69, 9.17) is 4.74 Å². The van der Waals surface area contributed by atoms with Gasteiger partial charge >= 0.3 is 0 Å². The first-order valence-corrected chi connectivity index (χ1v) is 10.3. The average molecular weight is 404 g/mol. The summed E-state index contributed by atoms with van der Waals surface area (Å²) < 4.78 is 30.8. The summed E-state index contributed by atoms with van der Waals surface area (Å²) in [5.41, 5.74) is 3.13. The second kappa shape index (κ2) is 11.7. The smallest absolute Gasteiger partial charge is 0.159 e. The molecule has 0 unspecified atom stereocenters. The fourth-order valence-electron chi connectivity index (χ4n) is 3.31. The summed E-state index contributed by atoms with van der Waals surface area (Å²) in [6, 6.07) is 9.82. The van der Waals surface area contributed by atoms with Crippen LogP contribution in [0.15, 0.2) is 36.4 Å². The lowest BCUT2D eigenvalue weighted by molar-refractivity contribution is -0.107. The number of likely N-dealkylation sites (tertiary alicyclic amines) is 1. The maximum atomic E-state index is 12.4. The molecule has 0 radical (unpaired) electrons. The van der Waals surface area contributed by atoms with E-state index in [1.165, 1.54) is 43.2 Å². The van der Waals surface area contributed by atoms with Crippen molar-refractivity contribution in [1.82, 2.24) is 4.90 Å². The van der Waals surface area contributed by atoms with Crippen molar-refractivity contribution in [2.75, 3.05) is 19.6 Å². The quantitative estimate of drug-likeness (QED) is 0.616. The van der Waals surface area contributed by atoms with Gasteiger partial charge in [0.15, 0.2) is 11.6 Å². The number of aryl methyl sites for hydroxylation is 2. The molecule has 1 aliphatic rings. The van der Waals surface area contributed by atoms with E-state index in [0.29, 0.717) is 18.0 Å². The third-order valence-corrected chi connectivity index (χ3v) is 5.16. The Bertz CT molecular complexity index is 786. The van der Waals surface area contributed by atoms with Gasteiger partial charge < -0.3 is 14.4 Å². The second-order valence-electron chi connectivity index (χ2n) is 7.52. The van der Waals surface area contributed by atoms with Crippen LogP contribution in [0.25, 0.3) is 0 Å². The van der Waals surface area contributed by atoms with Crippen molar-refractivity contribution >= 4 is 6.29 Å². The van der Waals surface area contributed by atoms with Crippen molar-refractivity contribution in [1.29, 1.82) is 0 Å². The van der Waals surface area contributed by atoms with Gasteiger partial charge in [-0.05, 0) is 80.6 Å². The van der Waals surface area contributed by atoms with Crippen LogP contribution < -0.4 is 4.74 Å². The van der Waals surface area contributed by atoms with Gasteiger partial charge in [0.1, 0.15) is 18.1 Å². The molecular weight excluding hydrogens is 372 g/mol. The zero-order valence-electron chi connectivity index (χ0n) is 17.6. The molecule has 0 atom stereocenters. The molecule has 1 fully saturated rings. The number of carbonyl (C=O) groups excluding carboxylic acids is 1. The summed E-state index contributed by atoms with van der Waals surface area (Å²) in [5, 5.41) is 0. The zero-order chi connectivity index (χ0) is 21.2. The molecule has 0 aromatic heterocycles. The Hall–Kier alpha value is -2.27. The van der Waals surface area contributed by atoms with E-state index >= 15 is 0 Å². The highest BCUT2D eigenvalue weighted by molar-refractivity contribution is 5.54. The summed E-state index contributed by atoms with van der Waals surface area (Å²) in [5.74, 6) is -0.768. The average Bonchev–Trinajstić information content (AvgIpc) is 2.70. The van der Waals surface area contributed by atoms with Gasteiger partial charge in [-0.2, -0.15) is 0 Å². The van der Waals surface area contributed by atoms with E-state index in [1.807, 2.05) is 0 Å². The third kappa shape index (κ3) is 7.58. The van der Waals surface area contributed by atoms with Crippen LogP contribution in [-0.2, 0) is 11.2 Å². The van der Waals surface area contributed by atoms with Crippen LogP contribution in [0.2, 0.25) is 0 Å². The van der Waals surface area contributed by atoms with Crippen molar-refractivity contribution in [3.05, 3.63) is 64.7 Å². The first-order chi connectivity index (χ1) is 13.9. The number of benzene rings is 2. The lowest BCUT2D eigenvalue weighted by Crippen LogP contribution is -2.38. The van der Waals surface area contributed by atoms with Crippen LogP contribution >= 0.6 is 0 Å². The van der Waals surface area contributed by atoms with E-state index in [9.17, 15) is 13.6 Å². The molecule has 0 saturated carbocycles. The topological polar surface area (TPSA) is 29.5 Å². The molecule has 2 aromatic carbocycles. The molecule has 158 valence electrons. The molecule has 3 nitrogen and oxygen atoms in total. The van der Waals surface area contributed by atoms with Crippen LogP contribution in [-0.4, -0.2) is 36.9 Å². The zero-order valence-corrected chi connectivity index (χ0v) is 17.6. The minimum absolute atomic E-state index is 0.122. The molecule has 3 rings (SSSR count). The van der Waals surface area contributed by atoms with Gasteiger partial charge in [-0.1, -0.05) is 19.1 Å². The Labute approximate surface area is 172 Å². The van der Waals surface area contributed by atoms with E-state index < -0.39 is 11.6 Å². The molecule has 2 aromatic rings. The van der Waals surface area contributed by atoms with Crippen LogP contribution in [0.1, 0.15) is 42.9 Å². The Morgan fingerprint density at radius 1 is 1.03 bits per heavy atom. The summed E-state index contributed by atoms with van der Waals surface area (Å²) in [4.78, 5) is 12.5. The van der Waals surface area contributed by atoms with Crippen LogP contribution in [0.5, 0.6) is 5.75 Å². The molecule has 1 aliphatic heterocycles. The summed E-state index contributed by atoms with van der Waals surface area (Å²) >= 11 is 0. The largest absolute Gasteiger partial charge is 0.490 e. The molecule has 5 heteroatoms. The Kier molecular flexibility index (Phi) is 9.26. The molecule has 0 spiro atoms. The Balaban J connectivity index is 0.000000234. The van der Waals surface area contributed by atoms with E-state index in [2.05, 4.69) is 43.9 Å². The minimum atomic E-state index is -0.913. The number of ether oxygens (including phenoxy) is 1. The van der Waals surface area contributed by atoms with E-state index in [1.54, 1.807) is 0 Å². The SMILES string of the molecule is CCCN1CCC(Oc2ccc(C)c(C)c2)CC1.O=CCc1ccc(F)c(F)c1. The monoisotopic (exact) mass is 403 g/mol. The van der Waals surface area contributed by atoms with Gasteiger partial charge in [0.2, 0.25) is 0 Å². The van der Waals surface area contributed by atoms with Crippen molar-refractivity contribution in [2.24, 2.45) is 0 Å². The van der Waals surface area contributed by atoms with Crippen LogP contribution in [0.3, 0.4) is 0 Å². The van der Waals surface area contributed by atoms with Crippen molar-refractivity contribution in [3.63, 3.8) is 0 Å². The first-order valence-electron chi connectivity index (χ1n) is 10.3. The van der Waals surface area contributed by atoms with Crippen molar-refractivity contribution < 1.29 is 18.3 Å². The first kappa shape index (κ1) is 23.0. The molecule has 0 bridgehead atoms. The fourth-order valence-corrected chi connectivity index (χ4v) is 3.31. The number of carbonyl (C=O) groups is 1. The number of rotatable bonds is 6. The molecule has 1 heterocycles. The summed E-state index contributed by atoms with van der Waals surface area (Å²) in [7, 11) is 0. The van der Waals surface area contributed by atoms with Gasteiger partial charge in [-0.3, -0.25) is 0 Å². The van der Waals surface area contributed by atoms with Crippen molar-refractivity contribution in [3.8, 4) is 5.75 Å². The predicted octanol–water partition coefficient (Wildman–Crippen LogP) is 5.26. The molecule has 1 saturated heterocycles. The van der Waals surface area contributed by atoms with E-state index in [0.717, 1.165) is 30.7 Å². The molecular formula is C24H31F2NO2. The highest BCUT2D eigenvalue weighted by Crippen LogP contribution is 2.21. The number of piperidine rings is 1. The molecule has 0 aliphatic carbocycles. The standard InChI is InChI=1S/C16H25NO.C8H6F2O/c1-4-9-17-10-7-15(8-11-17)18-16-6-5-13(2)14(3)12-16;9-7-2-1-6(3-4-11)5-8(7)10/h5-6,12,15H,4,7-11H2,1-3H3;1-2,4-5H,3H2. The lowest BCUT2D eigenvalue weighted by Gasteiger charge is -2.31. The second-order valence-corrected chi connectivity index (χ2v) is 7.52. The summed E-state index contributed by atoms with van der Waals surface area (Å²) in [6.07, 6.45) is 4.74. The maximum Gasteiger partial charge on any atom is 0.159 e. The van der Waals surface area contributed by atoms with Gasteiger partial charge in [-0.15, -0.1) is 0 Å². The van der Waals surface area contributed by atoms with Crippen LogP contribution in [0, 0.1) is 25.5 Å². The highest BCUT2D eigenvalue weighted by Gasteiger charge is 2.19. The fraction of sp³-hybridized carbons (Fsp3) is 0.458. The summed E-state index contributed by atoms with van der Waals surface area (Å²) in [6.45, 7) is 10.1. The number of aldehydes is 1. The number of hydrogen-bond acceptors (Lipinski definition) is 3. The Morgan fingerprint density at radius 2 is 1.76 bits per heavy atom. The molecule has 29 heavy (non-hydrogen) atoms. The molecule has 0 N–H and O–H groups in total. The third-order valence-electron chi connectivity index (χ3n) is 5.16. The van der Waals surface area contributed by atoms with Gasteiger partial charge in [0, 0.05) is 19.5 Å². The van der Waals surface area contributed by atoms with Gasteiger partial charge in [0.25, 0.3) is 0 Å². The van der Waals surface area contributed by atoms with Crippen molar-refractivity contribution in [2.45, 2.75) is 52.6 Å². The van der Waals surface area contributed by atoms with Crippen LogP contribution in [0.4, 0.5) is 8.78 Å². The van der Waals surface area contributed by atoms with E-state index in [-0.39, 0.29) is 6.42 Å². The molecule has 0 amide bonds. The normalized spacial score (nSPS) is 14.8. The van der Waals surface area contributed by atoms with Gasteiger partial charge in [0.05, 0.1) is 0 Å². The lowest BCUT2D eigenvalue weighted by atomic mass is 10.1. The number of halogens is 2. The highest BCUT2D eigenvalue weighted by atomic mass is 19.2. The number of nitrogens with zero attached hydrogens (tertiary/aromatic N) is 1.